The maximum absolute atomic E-state index is 10.9. The Morgan fingerprint density at radius 3 is 2.82 bits per heavy atom. The number of hydrogen-bond acceptors (Lipinski definition) is 1. The van der Waals surface area contributed by atoms with Crippen molar-refractivity contribution >= 4 is 5.78 Å². The molecule has 0 saturated carbocycles. The molecule has 11 heavy (non-hydrogen) atoms. The molecular weight excluding hydrogens is 136 g/mol. The predicted octanol–water partition coefficient (Wildman–Crippen LogP) is 2.65. The highest BCUT2D eigenvalue weighted by Gasteiger charge is 1.91. The van der Waals surface area contributed by atoms with Crippen LogP contribution in [0.5, 0.6) is 0 Å². The zero-order valence-electron chi connectivity index (χ0n) is 6.92. The first-order valence-corrected chi connectivity index (χ1v) is 3.74. The topological polar surface area (TPSA) is 17.1 Å². The van der Waals surface area contributed by atoms with Crippen LogP contribution in [-0.4, -0.2) is 5.78 Å². The predicted molar refractivity (Wildman–Crippen MR) is 48.4 cm³/mol. The Kier molecular flexibility index (Phi) is 6.30. The molecule has 1 heteroatoms. The number of allylic oxidation sites excluding steroid dienone is 5. The normalized spacial score (nSPS) is 11.0. The van der Waals surface area contributed by atoms with Crippen LogP contribution >= 0.6 is 0 Å². The maximum atomic E-state index is 10.9. The van der Waals surface area contributed by atoms with Gasteiger partial charge in [0.1, 0.15) is 0 Å². The Balaban J connectivity index is 3.52. The van der Waals surface area contributed by atoms with Gasteiger partial charge in [-0.1, -0.05) is 30.9 Å². The molecule has 0 aromatic heterocycles. The number of carbonyl (C=O) groups excluding carboxylic acids is 1. The molecule has 0 atom stereocenters. The fourth-order valence-corrected chi connectivity index (χ4v) is 0.651. The molecule has 0 spiro atoms. The van der Waals surface area contributed by atoms with Crippen molar-refractivity contribution in [2.45, 2.75) is 19.8 Å². The number of ketones is 1. The summed E-state index contributed by atoms with van der Waals surface area (Å²) >= 11 is 0. The third-order valence-corrected chi connectivity index (χ3v) is 1.21. The summed E-state index contributed by atoms with van der Waals surface area (Å²) in [6, 6.07) is 0. The van der Waals surface area contributed by atoms with E-state index in [0.29, 0.717) is 6.42 Å². The molecule has 0 aliphatic heterocycles. The molecule has 60 valence electrons. The van der Waals surface area contributed by atoms with Gasteiger partial charge in [-0.25, -0.2) is 0 Å². The van der Waals surface area contributed by atoms with E-state index < -0.39 is 0 Å². The fraction of sp³-hybridized carbons (Fsp3) is 0.300. The Morgan fingerprint density at radius 1 is 1.55 bits per heavy atom. The van der Waals surface area contributed by atoms with Crippen molar-refractivity contribution in [1.82, 2.24) is 0 Å². The summed E-state index contributed by atoms with van der Waals surface area (Å²) in [5.41, 5.74) is 0. The van der Waals surface area contributed by atoms with Crippen molar-refractivity contribution in [3.63, 3.8) is 0 Å². The van der Waals surface area contributed by atoms with Gasteiger partial charge in [0.05, 0.1) is 0 Å². The summed E-state index contributed by atoms with van der Waals surface area (Å²) in [6.45, 7) is 5.42. The van der Waals surface area contributed by atoms with Crippen LogP contribution in [0.15, 0.2) is 37.0 Å². The van der Waals surface area contributed by atoms with Crippen LogP contribution in [0.1, 0.15) is 19.8 Å². The second-order valence-electron chi connectivity index (χ2n) is 2.17. The molecule has 0 saturated heterocycles. The average Bonchev–Trinajstić information content (AvgIpc) is 2.01. The van der Waals surface area contributed by atoms with E-state index in [9.17, 15) is 4.79 Å². The lowest BCUT2D eigenvalue weighted by molar-refractivity contribution is -0.114. The smallest absolute Gasteiger partial charge is 0.155 e. The van der Waals surface area contributed by atoms with Crippen LogP contribution < -0.4 is 0 Å². The first kappa shape index (κ1) is 9.89. The quantitative estimate of drug-likeness (QED) is 0.334. The van der Waals surface area contributed by atoms with E-state index in [-0.39, 0.29) is 5.78 Å². The van der Waals surface area contributed by atoms with E-state index in [1.54, 1.807) is 18.2 Å². The third kappa shape index (κ3) is 6.78. The fourth-order valence-electron chi connectivity index (χ4n) is 0.651. The molecule has 0 amide bonds. The molecule has 1 nitrogen and oxygen atoms in total. The summed E-state index contributed by atoms with van der Waals surface area (Å²) in [5.74, 6) is 0.156. The highest BCUT2D eigenvalue weighted by atomic mass is 16.1. The summed E-state index contributed by atoms with van der Waals surface area (Å²) in [5, 5.41) is 0. The largest absolute Gasteiger partial charge is 0.295 e. The van der Waals surface area contributed by atoms with Gasteiger partial charge in [0.25, 0.3) is 0 Å². The lowest BCUT2D eigenvalue weighted by Crippen LogP contribution is -1.89. The molecule has 0 aliphatic carbocycles. The van der Waals surface area contributed by atoms with E-state index in [4.69, 9.17) is 0 Å². The van der Waals surface area contributed by atoms with Crippen LogP contribution in [0.25, 0.3) is 0 Å². The van der Waals surface area contributed by atoms with Gasteiger partial charge in [-0.3, -0.25) is 4.79 Å². The minimum atomic E-state index is 0.156. The second-order valence-corrected chi connectivity index (χ2v) is 2.17. The molecule has 0 heterocycles. The highest BCUT2D eigenvalue weighted by molar-refractivity contribution is 5.89. The van der Waals surface area contributed by atoms with E-state index in [1.807, 2.05) is 19.1 Å². The monoisotopic (exact) mass is 150 g/mol. The molecule has 0 aromatic rings. The first-order chi connectivity index (χ1) is 5.31. The van der Waals surface area contributed by atoms with Gasteiger partial charge in [0.15, 0.2) is 5.78 Å². The zero-order valence-corrected chi connectivity index (χ0v) is 6.92. The van der Waals surface area contributed by atoms with Gasteiger partial charge in [-0.2, -0.15) is 0 Å². The van der Waals surface area contributed by atoms with E-state index in [1.165, 1.54) is 0 Å². The van der Waals surface area contributed by atoms with Gasteiger partial charge in [0.2, 0.25) is 0 Å². The van der Waals surface area contributed by atoms with Crippen LogP contribution in [0.2, 0.25) is 0 Å². The molecule has 0 fully saturated rings. The van der Waals surface area contributed by atoms with Crippen LogP contribution in [0, 0.1) is 0 Å². The zero-order chi connectivity index (χ0) is 8.53. The number of carbonyl (C=O) groups is 1. The Morgan fingerprint density at radius 2 is 2.27 bits per heavy atom. The van der Waals surface area contributed by atoms with E-state index in [0.717, 1.165) is 6.42 Å². The minimum absolute atomic E-state index is 0.156. The molecule has 0 bridgehead atoms. The van der Waals surface area contributed by atoms with Crippen molar-refractivity contribution in [3.8, 4) is 0 Å². The SMILES string of the molecule is C=CC=CC(=O)CCC=CC. The van der Waals surface area contributed by atoms with Crippen LogP contribution in [0.3, 0.4) is 0 Å². The molecule has 0 aliphatic rings. The van der Waals surface area contributed by atoms with Gasteiger partial charge < -0.3 is 0 Å². The standard InChI is InChI=1S/C10H14O/c1-3-5-7-9-10(11)8-6-4-2/h3-6,8H,2,7,9H2,1H3. The second kappa shape index (κ2) is 7.00. The van der Waals surface area contributed by atoms with Crippen molar-refractivity contribution in [2.75, 3.05) is 0 Å². The average molecular weight is 150 g/mol. The Labute approximate surface area is 68.1 Å². The van der Waals surface area contributed by atoms with Gasteiger partial charge in [-0.15, -0.1) is 0 Å². The third-order valence-electron chi connectivity index (χ3n) is 1.21. The lowest BCUT2D eigenvalue weighted by Gasteiger charge is -1.87. The molecule has 0 rings (SSSR count). The van der Waals surface area contributed by atoms with Gasteiger partial charge in [0, 0.05) is 6.42 Å². The summed E-state index contributed by atoms with van der Waals surface area (Å²) in [4.78, 5) is 10.9. The van der Waals surface area contributed by atoms with E-state index in [2.05, 4.69) is 6.58 Å². The minimum Gasteiger partial charge on any atom is -0.295 e. The molecular formula is C10H14O. The first-order valence-electron chi connectivity index (χ1n) is 3.74. The molecule has 0 N–H and O–H groups in total. The number of rotatable bonds is 5. The van der Waals surface area contributed by atoms with Gasteiger partial charge in [-0.05, 0) is 19.4 Å². The lowest BCUT2D eigenvalue weighted by atomic mass is 10.2. The molecule has 0 aromatic carbocycles. The molecule has 0 radical (unpaired) electrons. The molecule has 0 unspecified atom stereocenters. The van der Waals surface area contributed by atoms with Crippen molar-refractivity contribution in [1.29, 1.82) is 0 Å². The number of hydrogen-bond donors (Lipinski definition) is 0. The Hall–Kier alpha value is -1.11. The van der Waals surface area contributed by atoms with Crippen LogP contribution in [0.4, 0.5) is 0 Å². The van der Waals surface area contributed by atoms with Crippen molar-refractivity contribution < 1.29 is 4.79 Å². The Bertz CT molecular complexity index is 175. The van der Waals surface area contributed by atoms with Crippen molar-refractivity contribution in [3.05, 3.63) is 37.0 Å². The van der Waals surface area contributed by atoms with Gasteiger partial charge >= 0.3 is 0 Å². The highest BCUT2D eigenvalue weighted by Crippen LogP contribution is 1.93. The summed E-state index contributed by atoms with van der Waals surface area (Å²) in [6.07, 6.45) is 10.2. The maximum Gasteiger partial charge on any atom is 0.155 e. The van der Waals surface area contributed by atoms with Crippen LogP contribution in [-0.2, 0) is 4.79 Å². The van der Waals surface area contributed by atoms with E-state index >= 15 is 0 Å². The summed E-state index contributed by atoms with van der Waals surface area (Å²) < 4.78 is 0. The summed E-state index contributed by atoms with van der Waals surface area (Å²) in [7, 11) is 0. The van der Waals surface area contributed by atoms with Crippen molar-refractivity contribution in [2.24, 2.45) is 0 Å².